The molecule has 140 valence electrons. The van der Waals surface area contributed by atoms with E-state index in [1.165, 1.54) is 11.0 Å². The molecule has 0 aromatic carbocycles. The third-order valence-corrected chi connectivity index (χ3v) is 4.26. The molecule has 1 aliphatic heterocycles. The number of nitrogens with zero attached hydrogens (tertiary/aromatic N) is 7. The summed E-state index contributed by atoms with van der Waals surface area (Å²) in [6.45, 7) is 1.91. The van der Waals surface area contributed by atoms with E-state index in [0.717, 1.165) is 12.3 Å². The van der Waals surface area contributed by atoms with E-state index in [4.69, 9.17) is 11.6 Å². The first-order valence-electron chi connectivity index (χ1n) is 7.81. The van der Waals surface area contributed by atoms with Crippen LogP contribution in [0.25, 0.3) is 0 Å². The molecule has 8 nitrogen and oxygen atoms in total. The average Bonchev–Trinajstić information content (AvgIpc) is 2.96. The number of tetrazole rings is 1. The Morgan fingerprint density at radius 3 is 2.69 bits per heavy atom. The van der Waals surface area contributed by atoms with Gasteiger partial charge in [0.05, 0.1) is 10.6 Å². The molecular formula is C14H15ClF3N7O. The van der Waals surface area contributed by atoms with Crippen LogP contribution in [0.5, 0.6) is 0 Å². The molecule has 1 fully saturated rings. The zero-order valence-electron chi connectivity index (χ0n) is 13.5. The summed E-state index contributed by atoms with van der Waals surface area (Å²) < 4.78 is 39.5. The lowest BCUT2D eigenvalue weighted by Crippen LogP contribution is -2.37. The van der Waals surface area contributed by atoms with Gasteiger partial charge in [0.2, 0.25) is 5.91 Å². The predicted molar refractivity (Wildman–Crippen MR) is 85.5 cm³/mol. The highest BCUT2D eigenvalue weighted by atomic mass is 35.5. The van der Waals surface area contributed by atoms with Gasteiger partial charge < -0.3 is 9.80 Å². The highest BCUT2D eigenvalue weighted by Gasteiger charge is 2.32. The van der Waals surface area contributed by atoms with E-state index < -0.39 is 11.7 Å². The highest BCUT2D eigenvalue weighted by molar-refractivity contribution is 6.33. The number of rotatable bonds is 3. The molecule has 0 spiro atoms. The van der Waals surface area contributed by atoms with Crippen LogP contribution in [-0.2, 0) is 17.5 Å². The summed E-state index contributed by atoms with van der Waals surface area (Å²) >= 11 is 6.01. The lowest BCUT2D eigenvalue weighted by Gasteiger charge is -2.24. The lowest BCUT2D eigenvalue weighted by atomic mass is 10.2. The number of anilines is 1. The molecule has 26 heavy (non-hydrogen) atoms. The zero-order valence-corrected chi connectivity index (χ0v) is 14.3. The van der Waals surface area contributed by atoms with E-state index in [1.54, 1.807) is 9.80 Å². The van der Waals surface area contributed by atoms with E-state index in [-0.39, 0.29) is 23.3 Å². The van der Waals surface area contributed by atoms with Gasteiger partial charge in [0.15, 0.2) is 0 Å². The second-order valence-corrected chi connectivity index (χ2v) is 6.16. The van der Waals surface area contributed by atoms with Gasteiger partial charge in [0.1, 0.15) is 18.7 Å². The maximum atomic E-state index is 12.7. The quantitative estimate of drug-likeness (QED) is 0.791. The molecule has 1 aliphatic rings. The summed E-state index contributed by atoms with van der Waals surface area (Å²) in [4.78, 5) is 19.6. The summed E-state index contributed by atoms with van der Waals surface area (Å²) in [7, 11) is 0. The molecule has 2 aromatic heterocycles. The minimum absolute atomic E-state index is 0.0340. The van der Waals surface area contributed by atoms with Gasteiger partial charge in [0.25, 0.3) is 0 Å². The monoisotopic (exact) mass is 389 g/mol. The molecule has 0 saturated carbocycles. The van der Waals surface area contributed by atoms with Crippen LogP contribution in [-0.4, -0.2) is 62.2 Å². The Morgan fingerprint density at radius 1 is 1.23 bits per heavy atom. The molecule has 0 atom stereocenters. The van der Waals surface area contributed by atoms with Gasteiger partial charge in [-0.1, -0.05) is 11.6 Å². The zero-order chi connectivity index (χ0) is 18.7. The van der Waals surface area contributed by atoms with Crippen molar-refractivity contribution in [1.29, 1.82) is 0 Å². The van der Waals surface area contributed by atoms with Crippen LogP contribution in [0.15, 0.2) is 18.6 Å². The smallest absolute Gasteiger partial charge is 0.354 e. The molecule has 12 heteroatoms. The number of aromatic nitrogens is 5. The molecule has 3 rings (SSSR count). The maximum Gasteiger partial charge on any atom is 0.417 e. The first-order chi connectivity index (χ1) is 12.3. The Balaban J connectivity index is 1.66. The van der Waals surface area contributed by atoms with Crippen molar-refractivity contribution in [3.8, 4) is 0 Å². The molecule has 1 saturated heterocycles. The second kappa shape index (κ2) is 7.44. The summed E-state index contributed by atoms with van der Waals surface area (Å²) in [6.07, 6.45) is -1.73. The van der Waals surface area contributed by atoms with Crippen LogP contribution < -0.4 is 4.90 Å². The Hall–Kier alpha value is -2.43. The van der Waals surface area contributed by atoms with E-state index >= 15 is 0 Å². The molecule has 3 heterocycles. The van der Waals surface area contributed by atoms with Crippen LogP contribution in [0.3, 0.4) is 0 Å². The third kappa shape index (κ3) is 4.21. The van der Waals surface area contributed by atoms with Crippen LogP contribution in [0.1, 0.15) is 12.0 Å². The van der Waals surface area contributed by atoms with Crippen LogP contribution in [0, 0.1) is 0 Å². The number of hydrogen-bond donors (Lipinski definition) is 0. The third-order valence-electron chi connectivity index (χ3n) is 3.99. The second-order valence-electron chi connectivity index (χ2n) is 5.76. The topological polar surface area (TPSA) is 80.0 Å². The van der Waals surface area contributed by atoms with Crippen LogP contribution in [0.4, 0.5) is 19.0 Å². The van der Waals surface area contributed by atoms with Crippen molar-refractivity contribution in [2.75, 3.05) is 31.1 Å². The largest absolute Gasteiger partial charge is 0.417 e. The predicted octanol–water partition coefficient (Wildman–Crippen LogP) is 1.48. The molecule has 0 aliphatic carbocycles. The Bertz CT molecular complexity index is 768. The first kappa shape index (κ1) is 18.4. The fourth-order valence-corrected chi connectivity index (χ4v) is 2.97. The number of hydrogen-bond acceptors (Lipinski definition) is 6. The summed E-state index contributed by atoms with van der Waals surface area (Å²) in [6, 6.07) is 0.870. The van der Waals surface area contributed by atoms with Gasteiger partial charge in [0, 0.05) is 32.4 Å². The Morgan fingerprint density at radius 2 is 2.04 bits per heavy atom. The van der Waals surface area contributed by atoms with Crippen molar-refractivity contribution in [3.63, 3.8) is 0 Å². The van der Waals surface area contributed by atoms with Crippen molar-refractivity contribution >= 4 is 23.3 Å². The number of carbonyl (C=O) groups excluding carboxylic acids is 1. The minimum atomic E-state index is -4.49. The molecule has 0 unspecified atom stereocenters. The summed E-state index contributed by atoms with van der Waals surface area (Å²) in [5.41, 5.74) is -0.890. The molecule has 2 aromatic rings. The van der Waals surface area contributed by atoms with E-state index in [2.05, 4.69) is 20.5 Å². The normalized spacial score (nSPS) is 15.8. The van der Waals surface area contributed by atoms with Crippen molar-refractivity contribution in [3.05, 3.63) is 29.2 Å². The molecule has 0 N–H and O–H groups in total. The van der Waals surface area contributed by atoms with Gasteiger partial charge in [-0.05, 0) is 22.9 Å². The number of halogens is 4. The van der Waals surface area contributed by atoms with Gasteiger partial charge >= 0.3 is 6.18 Å². The molecular weight excluding hydrogens is 375 g/mol. The van der Waals surface area contributed by atoms with Crippen molar-refractivity contribution in [1.82, 2.24) is 30.1 Å². The van der Waals surface area contributed by atoms with Crippen molar-refractivity contribution < 1.29 is 18.0 Å². The Kier molecular flexibility index (Phi) is 5.25. The summed E-state index contributed by atoms with van der Waals surface area (Å²) in [5, 5.41) is 10.5. The maximum absolute atomic E-state index is 12.7. The van der Waals surface area contributed by atoms with E-state index in [1.807, 2.05) is 0 Å². The molecule has 0 radical (unpaired) electrons. The van der Waals surface area contributed by atoms with E-state index in [0.29, 0.717) is 32.6 Å². The number of alkyl halides is 3. The number of pyridine rings is 1. The lowest BCUT2D eigenvalue weighted by molar-refractivity contribution is -0.137. The minimum Gasteiger partial charge on any atom is -0.354 e. The number of amides is 1. The standard InChI is InChI=1S/C14H15ClF3N7O/c15-11-6-10(14(16,17)18)7-19-13(11)24-3-1-2-23(4-5-24)12(26)8-25-9-20-21-22-25/h6-7,9H,1-5,8H2. The van der Waals surface area contributed by atoms with Gasteiger partial charge in [-0.3, -0.25) is 4.79 Å². The van der Waals surface area contributed by atoms with Gasteiger partial charge in [-0.2, -0.15) is 13.2 Å². The molecule has 1 amide bonds. The van der Waals surface area contributed by atoms with Crippen molar-refractivity contribution in [2.24, 2.45) is 0 Å². The average molecular weight is 390 g/mol. The molecule has 0 bridgehead atoms. The fraction of sp³-hybridized carbons (Fsp3) is 0.500. The number of carbonyl (C=O) groups is 1. The fourth-order valence-electron chi connectivity index (χ4n) is 2.69. The summed E-state index contributed by atoms with van der Waals surface area (Å²) in [5.74, 6) is 0.153. The first-order valence-corrected chi connectivity index (χ1v) is 8.18. The van der Waals surface area contributed by atoms with Gasteiger partial charge in [-0.25, -0.2) is 9.67 Å². The SMILES string of the molecule is O=C(Cn1cnnn1)N1CCCN(c2ncc(C(F)(F)F)cc2Cl)CC1. The van der Waals surface area contributed by atoms with E-state index in [9.17, 15) is 18.0 Å². The van der Waals surface area contributed by atoms with Gasteiger partial charge in [-0.15, -0.1) is 5.10 Å². The Labute approximate surface area is 151 Å². The van der Waals surface area contributed by atoms with Crippen molar-refractivity contribution in [2.45, 2.75) is 19.1 Å². The van der Waals surface area contributed by atoms with Crippen LogP contribution in [0.2, 0.25) is 5.02 Å². The van der Waals surface area contributed by atoms with Crippen LogP contribution >= 0.6 is 11.6 Å². The highest BCUT2D eigenvalue weighted by Crippen LogP contribution is 2.33.